The predicted octanol–water partition coefficient (Wildman–Crippen LogP) is 1.78. The SMILES string of the molecule is C=C(C)C(=O)CCOC(=O)c1c(O)cccc1C(=O)O. The third kappa shape index (κ3) is 3.68. The molecule has 0 aliphatic rings. The Kier molecular flexibility index (Phi) is 5.02. The number of aromatic carboxylic acids is 1. The quantitative estimate of drug-likeness (QED) is 0.607. The smallest absolute Gasteiger partial charge is 0.342 e. The standard InChI is InChI=1S/C14H14O6/c1-8(2)10(15)6-7-20-14(19)12-9(13(17)18)4-3-5-11(12)16/h3-5,16H,1,6-7H2,2H3,(H,17,18). The highest BCUT2D eigenvalue weighted by atomic mass is 16.5. The van der Waals surface area contributed by atoms with E-state index < -0.39 is 23.3 Å². The van der Waals surface area contributed by atoms with E-state index in [0.29, 0.717) is 5.57 Å². The van der Waals surface area contributed by atoms with Crippen molar-refractivity contribution in [1.29, 1.82) is 0 Å². The third-order valence-electron chi connectivity index (χ3n) is 2.52. The maximum atomic E-state index is 11.8. The largest absolute Gasteiger partial charge is 0.507 e. The lowest BCUT2D eigenvalue weighted by Gasteiger charge is -2.08. The molecule has 106 valence electrons. The third-order valence-corrected chi connectivity index (χ3v) is 2.52. The van der Waals surface area contributed by atoms with Gasteiger partial charge in [-0.05, 0) is 24.6 Å². The lowest BCUT2D eigenvalue weighted by molar-refractivity contribution is -0.116. The minimum atomic E-state index is -1.36. The number of phenols is 1. The highest BCUT2D eigenvalue weighted by Crippen LogP contribution is 2.22. The molecule has 0 unspecified atom stereocenters. The van der Waals surface area contributed by atoms with Gasteiger partial charge in [0.05, 0.1) is 12.2 Å². The van der Waals surface area contributed by atoms with Gasteiger partial charge in [-0.1, -0.05) is 12.6 Å². The number of hydrogen-bond acceptors (Lipinski definition) is 5. The Morgan fingerprint density at radius 2 is 1.95 bits per heavy atom. The van der Waals surface area contributed by atoms with Gasteiger partial charge in [0, 0.05) is 6.42 Å². The van der Waals surface area contributed by atoms with E-state index in [4.69, 9.17) is 9.84 Å². The van der Waals surface area contributed by atoms with E-state index in [1.165, 1.54) is 25.1 Å². The first-order valence-electron chi connectivity index (χ1n) is 5.75. The summed E-state index contributed by atoms with van der Waals surface area (Å²) >= 11 is 0. The Hall–Kier alpha value is -2.63. The minimum Gasteiger partial charge on any atom is -0.507 e. The Morgan fingerprint density at radius 3 is 2.50 bits per heavy atom. The van der Waals surface area contributed by atoms with Crippen molar-refractivity contribution in [2.45, 2.75) is 13.3 Å². The highest BCUT2D eigenvalue weighted by molar-refractivity contribution is 6.04. The van der Waals surface area contributed by atoms with Crippen molar-refractivity contribution in [3.05, 3.63) is 41.5 Å². The van der Waals surface area contributed by atoms with Crippen LogP contribution in [0.3, 0.4) is 0 Å². The molecule has 0 spiro atoms. The van der Waals surface area contributed by atoms with Gasteiger partial charge in [0.1, 0.15) is 11.3 Å². The van der Waals surface area contributed by atoms with Gasteiger partial charge in [-0.15, -0.1) is 0 Å². The van der Waals surface area contributed by atoms with E-state index in [9.17, 15) is 19.5 Å². The van der Waals surface area contributed by atoms with E-state index in [1.807, 2.05) is 0 Å². The van der Waals surface area contributed by atoms with Crippen molar-refractivity contribution < 1.29 is 29.3 Å². The number of ether oxygens (including phenoxy) is 1. The number of esters is 1. The fourth-order valence-corrected chi connectivity index (χ4v) is 1.45. The van der Waals surface area contributed by atoms with E-state index in [0.717, 1.165) is 0 Å². The molecule has 1 aromatic rings. The van der Waals surface area contributed by atoms with Gasteiger partial charge >= 0.3 is 11.9 Å². The van der Waals surface area contributed by atoms with E-state index in [1.54, 1.807) is 0 Å². The molecule has 1 aromatic carbocycles. The van der Waals surface area contributed by atoms with Crippen LogP contribution in [0.15, 0.2) is 30.4 Å². The van der Waals surface area contributed by atoms with E-state index in [2.05, 4.69) is 6.58 Å². The number of aromatic hydroxyl groups is 1. The predicted molar refractivity (Wildman–Crippen MR) is 69.8 cm³/mol. The molecular weight excluding hydrogens is 264 g/mol. The highest BCUT2D eigenvalue weighted by Gasteiger charge is 2.21. The number of benzene rings is 1. The lowest BCUT2D eigenvalue weighted by Crippen LogP contribution is -2.14. The van der Waals surface area contributed by atoms with Gasteiger partial charge in [-0.3, -0.25) is 4.79 Å². The number of rotatable bonds is 6. The molecule has 20 heavy (non-hydrogen) atoms. The van der Waals surface area contributed by atoms with Crippen LogP contribution in [-0.4, -0.2) is 34.5 Å². The van der Waals surface area contributed by atoms with Crippen LogP contribution in [0.2, 0.25) is 0 Å². The second kappa shape index (κ2) is 6.51. The summed E-state index contributed by atoms with van der Waals surface area (Å²) in [6.07, 6.45) is -0.0446. The maximum absolute atomic E-state index is 11.8. The molecule has 0 amide bonds. The molecule has 1 rings (SSSR count). The molecule has 0 saturated carbocycles. The summed E-state index contributed by atoms with van der Waals surface area (Å²) in [6.45, 7) is 4.78. The zero-order valence-corrected chi connectivity index (χ0v) is 10.9. The monoisotopic (exact) mass is 278 g/mol. The van der Waals surface area contributed by atoms with E-state index >= 15 is 0 Å². The summed E-state index contributed by atoms with van der Waals surface area (Å²) in [5.41, 5.74) is -0.446. The number of carboxylic acids is 1. The maximum Gasteiger partial charge on any atom is 0.342 e. The summed E-state index contributed by atoms with van der Waals surface area (Å²) in [5.74, 6) is -3.09. The number of carboxylic acid groups (broad SMARTS) is 1. The van der Waals surface area contributed by atoms with Crippen LogP contribution in [0.1, 0.15) is 34.1 Å². The van der Waals surface area contributed by atoms with Crippen LogP contribution in [0.5, 0.6) is 5.75 Å². The Bertz CT molecular complexity index is 573. The molecule has 0 aliphatic heterocycles. The summed E-state index contributed by atoms with van der Waals surface area (Å²) in [7, 11) is 0. The number of phenolic OH excluding ortho intramolecular Hbond substituents is 1. The number of Topliss-reactive ketones (excluding diaryl/α,β-unsaturated/α-hetero) is 1. The zero-order valence-electron chi connectivity index (χ0n) is 10.9. The number of allylic oxidation sites excluding steroid dienone is 1. The molecule has 0 atom stereocenters. The Labute approximate surface area is 115 Å². The van der Waals surface area contributed by atoms with Crippen LogP contribution >= 0.6 is 0 Å². The summed E-state index contributed by atoms with van der Waals surface area (Å²) in [5, 5.41) is 18.5. The molecule has 0 fully saturated rings. The Balaban J connectivity index is 2.81. The number of ketones is 1. The molecular formula is C14H14O6. The second-order valence-electron chi connectivity index (χ2n) is 4.09. The number of carbonyl (C=O) groups is 3. The topological polar surface area (TPSA) is 101 Å². The van der Waals surface area contributed by atoms with Crippen LogP contribution in [-0.2, 0) is 9.53 Å². The average Bonchev–Trinajstić information content (AvgIpc) is 2.37. The van der Waals surface area contributed by atoms with Crippen LogP contribution in [0, 0.1) is 0 Å². The van der Waals surface area contributed by atoms with Gasteiger partial charge in [-0.2, -0.15) is 0 Å². The molecule has 0 heterocycles. The number of carbonyl (C=O) groups excluding carboxylic acids is 2. The van der Waals surface area contributed by atoms with E-state index in [-0.39, 0.29) is 24.4 Å². The molecule has 0 aromatic heterocycles. The molecule has 2 N–H and O–H groups in total. The van der Waals surface area contributed by atoms with Gasteiger partial charge in [-0.25, -0.2) is 9.59 Å². The molecule has 0 radical (unpaired) electrons. The first-order chi connectivity index (χ1) is 9.34. The molecule has 0 aliphatic carbocycles. The van der Waals surface area contributed by atoms with Gasteiger partial charge in [0.15, 0.2) is 5.78 Å². The van der Waals surface area contributed by atoms with Gasteiger partial charge in [0.25, 0.3) is 0 Å². The Morgan fingerprint density at radius 1 is 1.30 bits per heavy atom. The van der Waals surface area contributed by atoms with Crippen molar-refractivity contribution in [2.75, 3.05) is 6.61 Å². The second-order valence-corrected chi connectivity index (χ2v) is 4.09. The summed E-state index contributed by atoms with van der Waals surface area (Å²) in [4.78, 5) is 34.0. The first kappa shape index (κ1) is 15.4. The normalized spacial score (nSPS) is 9.85. The molecule has 0 bridgehead atoms. The van der Waals surface area contributed by atoms with Crippen molar-refractivity contribution >= 4 is 17.7 Å². The van der Waals surface area contributed by atoms with Gasteiger partial charge in [0.2, 0.25) is 0 Å². The van der Waals surface area contributed by atoms with Crippen molar-refractivity contribution in [3.8, 4) is 5.75 Å². The minimum absolute atomic E-state index is 0.0446. The summed E-state index contributed by atoms with van der Waals surface area (Å²) < 4.78 is 4.80. The summed E-state index contributed by atoms with van der Waals surface area (Å²) in [6, 6.07) is 3.67. The van der Waals surface area contributed by atoms with Crippen LogP contribution < -0.4 is 0 Å². The first-order valence-corrected chi connectivity index (χ1v) is 5.75. The van der Waals surface area contributed by atoms with Crippen molar-refractivity contribution in [3.63, 3.8) is 0 Å². The molecule has 6 heteroatoms. The van der Waals surface area contributed by atoms with Crippen molar-refractivity contribution in [1.82, 2.24) is 0 Å². The van der Waals surface area contributed by atoms with Crippen LogP contribution in [0.4, 0.5) is 0 Å². The lowest BCUT2D eigenvalue weighted by atomic mass is 10.1. The van der Waals surface area contributed by atoms with Crippen LogP contribution in [0.25, 0.3) is 0 Å². The van der Waals surface area contributed by atoms with Crippen molar-refractivity contribution in [2.24, 2.45) is 0 Å². The zero-order chi connectivity index (χ0) is 15.3. The fourth-order valence-electron chi connectivity index (χ4n) is 1.45. The van der Waals surface area contributed by atoms with Gasteiger partial charge < -0.3 is 14.9 Å². The molecule has 0 saturated heterocycles. The molecule has 6 nitrogen and oxygen atoms in total. The average molecular weight is 278 g/mol. The number of hydrogen-bond donors (Lipinski definition) is 2. The fraction of sp³-hybridized carbons (Fsp3) is 0.214.